The molecule has 1 N–H and O–H groups in total. The molecule has 0 atom stereocenters. The molecule has 0 radical (unpaired) electrons. The highest BCUT2D eigenvalue weighted by Gasteiger charge is 2.62. The molecule has 0 unspecified atom stereocenters. The molecule has 0 aliphatic carbocycles. The molecular weight excluding hydrogens is 395 g/mol. The molecule has 26 heavy (non-hydrogen) atoms. The Labute approximate surface area is 136 Å². The maximum Gasteiger partial charge on any atom is 0.573 e. The zero-order valence-corrected chi connectivity index (χ0v) is 11.8. The summed E-state index contributed by atoms with van der Waals surface area (Å²) >= 11 is 0. The first-order chi connectivity index (χ1) is 11.5. The molecule has 146 valence electrons. The third-order valence-electron chi connectivity index (χ3n) is 2.52. The molecule has 0 saturated heterocycles. The summed E-state index contributed by atoms with van der Waals surface area (Å²) in [6.45, 7) is 0. The van der Waals surface area contributed by atoms with Crippen molar-refractivity contribution in [3.05, 3.63) is 23.8 Å². The van der Waals surface area contributed by atoms with Gasteiger partial charge >= 0.3 is 30.7 Å². The largest absolute Gasteiger partial charge is 0.573 e. The quantitative estimate of drug-likeness (QED) is 0.471. The standard InChI is InChI=1S/C12H5F9O5/c13-10(14,15)7(11(16,17)18)9(24)25-5-2-1-4(8(22)23)3-6(5)26-12(19,20)21/h1-3,7H,(H,22,23). The first-order valence-electron chi connectivity index (χ1n) is 6.00. The number of hydrogen-bond donors (Lipinski definition) is 1. The second kappa shape index (κ2) is 6.92. The zero-order valence-electron chi connectivity index (χ0n) is 11.8. The summed E-state index contributed by atoms with van der Waals surface area (Å²) in [5.74, 6) is -12.5. The number of carbonyl (C=O) groups is 2. The number of rotatable bonds is 4. The second-order valence-corrected chi connectivity index (χ2v) is 4.45. The fourth-order valence-electron chi connectivity index (χ4n) is 1.55. The minimum absolute atomic E-state index is 0.106. The number of hydrogen-bond acceptors (Lipinski definition) is 4. The molecule has 0 aromatic heterocycles. The van der Waals surface area contributed by atoms with Crippen LogP contribution in [0.25, 0.3) is 0 Å². The topological polar surface area (TPSA) is 72.8 Å². The maximum atomic E-state index is 12.4. The Morgan fingerprint density at radius 3 is 1.77 bits per heavy atom. The molecule has 1 aromatic carbocycles. The predicted octanol–water partition coefficient (Wildman–Crippen LogP) is 3.93. The molecule has 0 aliphatic heterocycles. The summed E-state index contributed by atoms with van der Waals surface area (Å²) < 4.78 is 118. The molecule has 1 aromatic rings. The number of carboxylic acid groups (broad SMARTS) is 1. The van der Waals surface area contributed by atoms with E-state index in [0.29, 0.717) is 6.07 Å². The van der Waals surface area contributed by atoms with Gasteiger partial charge in [0, 0.05) is 0 Å². The minimum Gasteiger partial charge on any atom is -0.478 e. The van der Waals surface area contributed by atoms with Crippen molar-refractivity contribution >= 4 is 11.9 Å². The second-order valence-electron chi connectivity index (χ2n) is 4.45. The van der Waals surface area contributed by atoms with Crippen LogP contribution in [-0.4, -0.2) is 35.8 Å². The van der Waals surface area contributed by atoms with Gasteiger partial charge in [-0.3, -0.25) is 4.79 Å². The summed E-state index contributed by atoms with van der Waals surface area (Å²) in [5, 5.41) is 8.64. The summed E-state index contributed by atoms with van der Waals surface area (Å²) in [6, 6.07) is 0.825. The minimum atomic E-state index is -6.14. The number of halogens is 9. The van der Waals surface area contributed by atoms with E-state index in [9.17, 15) is 49.1 Å². The van der Waals surface area contributed by atoms with E-state index >= 15 is 0 Å². The molecular formula is C12H5F9O5. The monoisotopic (exact) mass is 400 g/mol. The van der Waals surface area contributed by atoms with E-state index in [2.05, 4.69) is 9.47 Å². The molecule has 0 saturated carbocycles. The Balaban J connectivity index is 3.29. The van der Waals surface area contributed by atoms with Crippen LogP contribution in [0.2, 0.25) is 0 Å². The lowest BCUT2D eigenvalue weighted by atomic mass is 10.1. The number of carboxylic acids is 1. The van der Waals surface area contributed by atoms with Crippen LogP contribution in [0.1, 0.15) is 10.4 Å². The molecule has 0 aliphatic rings. The van der Waals surface area contributed by atoms with E-state index in [-0.39, 0.29) is 12.1 Å². The van der Waals surface area contributed by atoms with Crippen molar-refractivity contribution in [2.75, 3.05) is 0 Å². The van der Waals surface area contributed by atoms with E-state index in [1.165, 1.54) is 0 Å². The van der Waals surface area contributed by atoms with Crippen LogP contribution in [-0.2, 0) is 4.79 Å². The molecule has 5 nitrogen and oxygen atoms in total. The normalized spacial score (nSPS) is 12.8. The highest BCUT2D eigenvalue weighted by Crippen LogP contribution is 2.41. The van der Waals surface area contributed by atoms with Gasteiger partial charge in [-0.2, -0.15) is 26.3 Å². The molecule has 1 rings (SSSR count). The third kappa shape index (κ3) is 5.70. The van der Waals surface area contributed by atoms with Crippen LogP contribution in [0.4, 0.5) is 39.5 Å². The lowest BCUT2D eigenvalue weighted by Gasteiger charge is -2.22. The van der Waals surface area contributed by atoms with Crippen molar-refractivity contribution in [1.82, 2.24) is 0 Å². The van der Waals surface area contributed by atoms with Crippen LogP contribution in [0.3, 0.4) is 0 Å². The Bertz CT molecular complexity index is 676. The van der Waals surface area contributed by atoms with Crippen molar-refractivity contribution in [1.29, 1.82) is 0 Å². The van der Waals surface area contributed by atoms with Crippen LogP contribution in [0, 0.1) is 5.92 Å². The highest BCUT2D eigenvalue weighted by atomic mass is 19.4. The van der Waals surface area contributed by atoms with Gasteiger partial charge < -0.3 is 14.6 Å². The summed E-state index contributed by atoms with van der Waals surface area (Å²) in [5.41, 5.74) is -0.868. The van der Waals surface area contributed by atoms with Gasteiger partial charge in [-0.05, 0) is 18.2 Å². The fourth-order valence-corrected chi connectivity index (χ4v) is 1.55. The average molecular weight is 400 g/mol. The Kier molecular flexibility index (Phi) is 5.68. The van der Waals surface area contributed by atoms with Crippen molar-refractivity contribution < 1.29 is 63.7 Å². The van der Waals surface area contributed by atoms with Crippen LogP contribution in [0.15, 0.2) is 18.2 Å². The molecule has 0 heterocycles. The van der Waals surface area contributed by atoms with Gasteiger partial charge in [0.1, 0.15) is 0 Å². The number of benzene rings is 1. The van der Waals surface area contributed by atoms with Crippen LogP contribution < -0.4 is 9.47 Å². The van der Waals surface area contributed by atoms with Gasteiger partial charge in [0.05, 0.1) is 5.56 Å². The van der Waals surface area contributed by atoms with E-state index < -0.39 is 53.6 Å². The SMILES string of the molecule is O=C(O)c1ccc(OC(=O)C(C(F)(F)F)C(F)(F)F)c(OC(F)(F)F)c1. The van der Waals surface area contributed by atoms with Crippen molar-refractivity contribution in [3.8, 4) is 11.5 Å². The Hall–Kier alpha value is -2.67. The summed E-state index contributed by atoms with van der Waals surface area (Å²) in [6.07, 6.45) is -17.8. The third-order valence-corrected chi connectivity index (χ3v) is 2.52. The Morgan fingerprint density at radius 2 is 1.38 bits per heavy atom. The predicted molar refractivity (Wildman–Crippen MR) is 61.3 cm³/mol. The van der Waals surface area contributed by atoms with E-state index in [1.54, 1.807) is 0 Å². The molecule has 0 amide bonds. The van der Waals surface area contributed by atoms with Crippen LogP contribution >= 0.6 is 0 Å². The van der Waals surface area contributed by atoms with Crippen molar-refractivity contribution in [3.63, 3.8) is 0 Å². The molecule has 0 bridgehead atoms. The number of carbonyl (C=O) groups excluding carboxylic acids is 1. The number of aromatic carboxylic acids is 1. The zero-order chi connectivity index (χ0) is 20.5. The maximum absolute atomic E-state index is 12.4. The highest BCUT2D eigenvalue weighted by molar-refractivity contribution is 5.88. The average Bonchev–Trinajstić information content (AvgIpc) is 2.34. The van der Waals surface area contributed by atoms with Gasteiger partial charge in [0.15, 0.2) is 11.5 Å². The van der Waals surface area contributed by atoms with Crippen LogP contribution in [0.5, 0.6) is 11.5 Å². The smallest absolute Gasteiger partial charge is 0.478 e. The van der Waals surface area contributed by atoms with E-state index in [1.807, 2.05) is 0 Å². The van der Waals surface area contributed by atoms with Crippen molar-refractivity contribution in [2.24, 2.45) is 5.92 Å². The molecule has 0 spiro atoms. The van der Waals surface area contributed by atoms with Crippen molar-refractivity contribution in [2.45, 2.75) is 18.7 Å². The first kappa shape index (κ1) is 21.4. The van der Waals surface area contributed by atoms with E-state index in [4.69, 9.17) is 5.11 Å². The number of alkyl halides is 9. The molecule has 0 fully saturated rings. The fraction of sp³-hybridized carbons (Fsp3) is 0.333. The Morgan fingerprint density at radius 1 is 0.885 bits per heavy atom. The van der Waals surface area contributed by atoms with Gasteiger partial charge in [0.25, 0.3) is 0 Å². The first-order valence-corrected chi connectivity index (χ1v) is 6.00. The van der Waals surface area contributed by atoms with Gasteiger partial charge in [-0.15, -0.1) is 13.2 Å². The van der Waals surface area contributed by atoms with E-state index in [0.717, 1.165) is 0 Å². The lowest BCUT2D eigenvalue weighted by molar-refractivity contribution is -0.281. The van der Waals surface area contributed by atoms with Gasteiger partial charge in [-0.25, -0.2) is 4.79 Å². The number of ether oxygens (including phenoxy) is 2. The number of esters is 1. The van der Waals surface area contributed by atoms with Gasteiger partial charge in [-0.1, -0.05) is 0 Å². The van der Waals surface area contributed by atoms with Gasteiger partial charge in [0.2, 0.25) is 5.92 Å². The molecule has 14 heteroatoms. The lowest BCUT2D eigenvalue weighted by Crippen LogP contribution is -2.44. The summed E-state index contributed by atoms with van der Waals surface area (Å²) in [4.78, 5) is 21.9. The summed E-state index contributed by atoms with van der Waals surface area (Å²) in [7, 11) is 0.